The minimum atomic E-state index is -3.69. The Morgan fingerprint density at radius 2 is 1.53 bits per heavy atom. The molecule has 0 bridgehead atoms. The molecule has 32 heavy (non-hydrogen) atoms. The van der Waals surface area contributed by atoms with Crippen LogP contribution in [-0.4, -0.2) is 35.5 Å². The van der Waals surface area contributed by atoms with Crippen LogP contribution >= 0.6 is 7.82 Å². The fourth-order valence-corrected chi connectivity index (χ4v) is 4.59. The highest BCUT2D eigenvalue weighted by Gasteiger charge is 2.36. The first-order valence-corrected chi connectivity index (χ1v) is 12.3. The maximum absolute atomic E-state index is 12.9. The fraction of sp³-hybridized carbons (Fsp3) is 0.565. The van der Waals surface area contributed by atoms with Gasteiger partial charge in [0.15, 0.2) is 0 Å². The number of amides is 1. The van der Waals surface area contributed by atoms with Crippen LogP contribution in [0.4, 0.5) is 10.6 Å². The second-order valence-electron chi connectivity index (χ2n) is 9.43. The molecule has 0 saturated heterocycles. The van der Waals surface area contributed by atoms with Crippen molar-refractivity contribution in [1.29, 1.82) is 0 Å². The number of nitrogens with zero attached hydrogens (tertiary/aromatic N) is 1. The highest BCUT2D eigenvalue weighted by atomic mass is 31.2. The number of pyridine rings is 1. The quantitative estimate of drug-likeness (QED) is 0.307. The van der Waals surface area contributed by atoms with Crippen LogP contribution in [0.5, 0.6) is 0 Å². The predicted molar refractivity (Wildman–Crippen MR) is 126 cm³/mol. The summed E-state index contributed by atoms with van der Waals surface area (Å²) in [4.78, 5) is 16.2. The van der Waals surface area contributed by atoms with Gasteiger partial charge in [0.05, 0.1) is 24.4 Å². The number of carbonyl (C=O) groups excluding carboxylic acids is 1. The Balaban J connectivity index is 1.68. The van der Waals surface area contributed by atoms with Crippen LogP contribution in [-0.2, 0) is 22.9 Å². The average molecular weight is 467 g/mol. The van der Waals surface area contributed by atoms with E-state index in [1.54, 1.807) is 53.8 Å². The molecule has 0 aliphatic carbocycles. The van der Waals surface area contributed by atoms with Gasteiger partial charge in [-0.2, -0.15) is 0 Å². The largest absolute Gasteiger partial charge is 0.475 e. The predicted octanol–water partition coefficient (Wildman–Crippen LogP) is 6.71. The molecule has 2 rings (SSSR count). The summed E-state index contributed by atoms with van der Waals surface area (Å²) in [7, 11) is -3.69. The van der Waals surface area contributed by atoms with Crippen LogP contribution in [0.2, 0.25) is 0 Å². The van der Waals surface area contributed by atoms with Gasteiger partial charge in [-0.3, -0.25) is 18.9 Å². The number of unbranched alkanes of at least 4 members (excludes halogenated alkanes) is 2. The molecule has 0 aliphatic heterocycles. The van der Waals surface area contributed by atoms with Gasteiger partial charge in [0, 0.05) is 11.6 Å². The lowest BCUT2D eigenvalue weighted by atomic mass is 10.2. The number of nitrogens with one attached hydrogen (secondary N) is 1. The first-order valence-electron chi connectivity index (χ1n) is 10.8. The standard InChI is InChI=1S/C23H35N2O6P/c1-22(2,3)30-32(27,31-23(4,5)6)29-15-11-7-10-14-28-21(26)25-20-16-18-12-8-9-13-19(18)17-24-20/h8-9,12-13,16-17H,7,10-11,14-15H2,1-6H3,(H,24,25,26). The second-order valence-corrected chi connectivity index (χ2v) is 10.9. The summed E-state index contributed by atoms with van der Waals surface area (Å²) in [6, 6.07) is 9.57. The smallest absolute Gasteiger partial charge is 0.449 e. The Kier molecular flexibility index (Phi) is 9.22. The Morgan fingerprint density at radius 3 is 2.16 bits per heavy atom. The van der Waals surface area contributed by atoms with Crippen molar-refractivity contribution in [3.63, 3.8) is 0 Å². The van der Waals surface area contributed by atoms with Gasteiger partial charge in [-0.1, -0.05) is 24.3 Å². The van der Waals surface area contributed by atoms with Gasteiger partial charge in [0.2, 0.25) is 0 Å². The number of carbonyl (C=O) groups is 1. The summed E-state index contributed by atoms with van der Waals surface area (Å²) in [5.74, 6) is 0.440. The molecule has 1 aromatic heterocycles. The van der Waals surface area contributed by atoms with E-state index in [0.29, 0.717) is 18.7 Å². The van der Waals surface area contributed by atoms with E-state index in [-0.39, 0.29) is 13.2 Å². The lowest BCUT2D eigenvalue weighted by molar-refractivity contribution is 0.00295. The number of ether oxygens (including phenoxy) is 1. The van der Waals surface area contributed by atoms with Crippen LogP contribution in [0.1, 0.15) is 60.8 Å². The van der Waals surface area contributed by atoms with Gasteiger partial charge in [-0.05, 0) is 72.3 Å². The number of hydrogen-bond donors (Lipinski definition) is 1. The molecular formula is C23H35N2O6P. The summed E-state index contributed by atoms with van der Waals surface area (Å²) in [5, 5.41) is 4.62. The Labute approximate surface area is 190 Å². The number of fused-ring (bicyclic) bond motifs is 1. The molecule has 8 nitrogen and oxygen atoms in total. The number of hydrogen-bond acceptors (Lipinski definition) is 7. The molecule has 0 unspecified atom stereocenters. The molecule has 178 valence electrons. The van der Waals surface area contributed by atoms with Crippen LogP contribution < -0.4 is 5.32 Å². The van der Waals surface area contributed by atoms with Crippen molar-refractivity contribution in [3.05, 3.63) is 36.5 Å². The third-order valence-corrected chi connectivity index (χ3v) is 5.95. The number of aromatic nitrogens is 1. The molecular weight excluding hydrogens is 431 g/mol. The highest BCUT2D eigenvalue weighted by Crippen LogP contribution is 2.55. The summed E-state index contributed by atoms with van der Waals surface area (Å²) in [6.07, 6.45) is 3.16. The van der Waals surface area contributed by atoms with E-state index in [4.69, 9.17) is 18.3 Å². The van der Waals surface area contributed by atoms with Crippen LogP contribution in [0.3, 0.4) is 0 Å². The maximum atomic E-state index is 12.9. The van der Waals surface area contributed by atoms with Crippen molar-refractivity contribution in [3.8, 4) is 0 Å². The Bertz CT molecular complexity index is 916. The van der Waals surface area contributed by atoms with E-state index in [9.17, 15) is 9.36 Å². The molecule has 0 spiro atoms. The zero-order valence-electron chi connectivity index (χ0n) is 19.8. The van der Waals surface area contributed by atoms with E-state index >= 15 is 0 Å². The van der Waals surface area contributed by atoms with Gasteiger partial charge in [-0.15, -0.1) is 0 Å². The SMILES string of the molecule is CC(C)(C)OP(=O)(OCCCCCOC(=O)Nc1cc2ccccc2cn1)OC(C)(C)C. The minimum absolute atomic E-state index is 0.219. The molecule has 0 radical (unpaired) electrons. The van der Waals surface area contributed by atoms with E-state index in [2.05, 4.69) is 10.3 Å². The Hall–Kier alpha value is -1.99. The van der Waals surface area contributed by atoms with Crippen molar-refractivity contribution in [2.75, 3.05) is 18.5 Å². The van der Waals surface area contributed by atoms with Crippen LogP contribution in [0.15, 0.2) is 36.5 Å². The highest BCUT2D eigenvalue weighted by molar-refractivity contribution is 7.48. The molecule has 1 heterocycles. The van der Waals surface area contributed by atoms with E-state index < -0.39 is 25.1 Å². The molecule has 0 atom stereocenters. The van der Waals surface area contributed by atoms with Crippen molar-refractivity contribution in [2.24, 2.45) is 0 Å². The first kappa shape index (κ1) is 26.3. The number of phosphoric acid groups is 1. The first-order chi connectivity index (χ1) is 14.9. The molecule has 9 heteroatoms. The van der Waals surface area contributed by atoms with Gasteiger partial charge in [0.1, 0.15) is 5.82 Å². The maximum Gasteiger partial charge on any atom is 0.475 e. The third-order valence-electron chi connectivity index (χ3n) is 3.90. The van der Waals surface area contributed by atoms with Gasteiger partial charge in [0.25, 0.3) is 0 Å². The second kappa shape index (κ2) is 11.2. The molecule has 1 N–H and O–H groups in total. The topological polar surface area (TPSA) is 96.0 Å². The van der Waals surface area contributed by atoms with Crippen molar-refractivity contribution >= 4 is 30.5 Å². The summed E-state index contributed by atoms with van der Waals surface area (Å²) in [5.41, 5.74) is -1.33. The van der Waals surface area contributed by atoms with E-state index in [1.807, 2.05) is 24.3 Å². The third kappa shape index (κ3) is 10.1. The van der Waals surface area contributed by atoms with Crippen LogP contribution in [0, 0.1) is 0 Å². The number of benzene rings is 1. The fourth-order valence-electron chi connectivity index (χ4n) is 2.76. The lowest BCUT2D eigenvalue weighted by Gasteiger charge is -2.30. The summed E-state index contributed by atoms with van der Waals surface area (Å²) >= 11 is 0. The molecule has 0 saturated carbocycles. The number of phosphoric ester groups is 1. The monoisotopic (exact) mass is 466 g/mol. The zero-order chi connectivity index (χ0) is 23.8. The normalized spacial score (nSPS) is 12.7. The minimum Gasteiger partial charge on any atom is -0.449 e. The molecule has 0 fully saturated rings. The van der Waals surface area contributed by atoms with Crippen molar-refractivity contribution in [1.82, 2.24) is 4.98 Å². The van der Waals surface area contributed by atoms with Gasteiger partial charge >= 0.3 is 13.9 Å². The average Bonchev–Trinajstić information content (AvgIpc) is 2.64. The van der Waals surface area contributed by atoms with Crippen molar-refractivity contribution in [2.45, 2.75) is 72.0 Å². The van der Waals surface area contributed by atoms with E-state index in [1.165, 1.54) is 0 Å². The van der Waals surface area contributed by atoms with Gasteiger partial charge in [-0.25, -0.2) is 14.3 Å². The molecule has 0 aliphatic rings. The molecule has 1 aromatic carbocycles. The van der Waals surface area contributed by atoms with Gasteiger partial charge < -0.3 is 4.74 Å². The van der Waals surface area contributed by atoms with E-state index in [0.717, 1.165) is 17.2 Å². The summed E-state index contributed by atoms with van der Waals surface area (Å²) in [6.45, 7) is 11.3. The number of rotatable bonds is 10. The lowest BCUT2D eigenvalue weighted by Crippen LogP contribution is -2.24. The zero-order valence-corrected chi connectivity index (χ0v) is 20.7. The molecule has 2 aromatic rings. The molecule has 1 amide bonds. The van der Waals surface area contributed by atoms with Crippen molar-refractivity contribution < 1.29 is 27.7 Å². The van der Waals surface area contributed by atoms with Crippen LogP contribution in [0.25, 0.3) is 10.8 Å². The number of anilines is 1. The Morgan fingerprint density at radius 1 is 0.938 bits per heavy atom. The summed E-state index contributed by atoms with van der Waals surface area (Å²) < 4.78 is 34.8.